The Kier molecular flexibility index (Phi) is 22.6. The second kappa shape index (κ2) is 12.7. The predicted octanol–water partition coefficient (Wildman–Crippen LogP) is -5.48. The first-order valence-electron chi connectivity index (χ1n) is 3.11. The van der Waals surface area contributed by atoms with Crippen LogP contribution in [0.25, 0.3) is 0 Å². The van der Waals surface area contributed by atoms with Crippen LogP contribution in [-0.4, -0.2) is 46.0 Å². The molecule has 0 aromatic carbocycles. The second-order valence-electron chi connectivity index (χ2n) is 2.42. The van der Waals surface area contributed by atoms with Gasteiger partial charge < -0.3 is 41.0 Å². The molecule has 0 bridgehead atoms. The zero-order chi connectivity index (χ0) is 10.6. The zero-order valence-electron chi connectivity index (χ0n) is 8.60. The normalized spacial score (nSPS) is 8.29. The topological polar surface area (TPSA) is 176 Å². The smallest absolute Gasteiger partial charge is 0.550 e. The molecule has 0 aromatic heterocycles. The van der Waals surface area contributed by atoms with Crippen LogP contribution in [0.2, 0.25) is 0 Å². The van der Waals surface area contributed by atoms with Crippen LogP contribution in [0.5, 0.6) is 0 Å². The van der Waals surface area contributed by atoms with Crippen LogP contribution in [-0.2, 0) is 56.2 Å². The average molecular weight is 406 g/mol. The Morgan fingerprint density at radius 1 is 1.00 bits per heavy atom. The monoisotopic (exact) mass is 404 g/mol. The van der Waals surface area contributed by atoms with Crippen molar-refractivity contribution in [3.63, 3.8) is 0 Å². The molecule has 0 saturated heterocycles. The fraction of sp³-hybridized carbons (Fsp3) is 0.500. The quantitative estimate of drug-likeness (QED) is 0.425. The van der Waals surface area contributed by atoms with Crippen molar-refractivity contribution in [3.05, 3.63) is 0 Å². The van der Waals surface area contributed by atoms with Crippen molar-refractivity contribution in [1.29, 1.82) is 0 Å². The molecule has 0 rings (SSSR count). The summed E-state index contributed by atoms with van der Waals surface area (Å²) in [7, 11) is 0. The Labute approximate surface area is 136 Å². The van der Waals surface area contributed by atoms with Gasteiger partial charge in [-0.1, -0.05) is 0 Å². The van der Waals surface area contributed by atoms with Gasteiger partial charge in [0.1, 0.15) is 5.60 Å². The summed E-state index contributed by atoms with van der Waals surface area (Å²) in [5, 5.41) is 38.9. The van der Waals surface area contributed by atoms with Crippen molar-refractivity contribution < 1.29 is 76.7 Å². The zero-order valence-corrected chi connectivity index (χ0v) is 14.2. The molecule has 17 heavy (non-hydrogen) atoms. The molecule has 4 N–H and O–H groups in total. The molecular formula is C6H8AgAlNO7Zn+3. The molecular weight excluding hydrogens is 398 g/mol. The Morgan fingerprint density at radius 2 is 1.24 bits per heavy atom. The molecule has 0 atom stereocenters. The summed E-state index contributed by atoms with van der Waals surface area (Å²) in [6.07, 6.45) is -2.72. The minimum absolute atomic E-state index is 0. The van der Waals surface area contributed by atoms with Crippen LogP contribution in [0.4, 0.5) is 0 Å². The maximum Gasteiger partial charge on any atom is 3.00 e. The average Bonchev–Trinajstić information content (AvgIpc) is 1.82. The maximum absolute atomic E-state index is 10.1. The van der Waals surface area contributed by atoms with E-state index >= 15 is 0 Å². The molecule has 0 saturated carbocycles. The number of hydrogen-bond acceptors (Lipinski definition) is 8. The molecule has 0 amide bonds. The first-order valence-corrected chi connectivity index (χ1v) is 3.11. The number of carbonyl (C=O) groups excluding carboxylic acids is 3. The van der Waals surface area contributed by atoms with Crippen molar-refractivity contribution in [2.75, 3.05) is 0 Å². The largest absolute Gasteiger partial charge is 3.00 e. The number of aliphatic hydroxyl groups is 1. The third kappa shape index (κ3) is 12.5. The van der Waals surface area contributed by atoms with Crippen molar-refractivity contribution in [3.8, 4) is 0 Å². The number of aliphatic carboxylic acids is 3. The van der Waals surface area contributed by atoms with Crippen molar-refractivity contribution >= 4 is 35.3 Å². The van der Waals surface area contributed by atoms with E-state index in [0.29, 0.717) is 0 Å². The first-order chi connectivity index (χ1) is 5.78. The Hall–Kier alpha value is 0.226. The molecule has 0 aliphatic carbocycles. The van der Waals surface area contributed by atoms with E-state index in [2.05, 4.69) is 0 Å². The van der Waals surface area contributed by atoms with Crippen molar-refractivity contribution in [2.24, 2.45) is 0 Å². The van der Waals surface area contributed by atoms with E-state index in [1.165, 1.54) is 0 Å². The van der Waals surface area contributed by atoms with E-state index in [0.717, 1.165) is 0 Å². The SMILES string of the molecule is N.O=C([O-])CC(O)(CC(=O)[O-])C(=O)[O-].[Ag+].[Al+3].[Zn+2]. The molecule has 0 unspecified atom stereocenters. The summed E-state index contributed by atoms with van der Waals surface area (Å²) in [4.78, 5) is 30.0. The number of hydrogen-bond donors (Lipinski definition) is 2. The van der Waals surface area contributed by atoms with E-state index < -0.39 is 36.4 Å². The van der Waals surface area contributed by atoms with Gasteiger partial charge in [0.25, 0.3) is 0 Å². The number of carbonyl (C=O) groups is 3. The fourth-order valence-corrected chi connectivity index (χ4v) is 0.684. The van der Waals surface area contributed by atoms with Gasteiger partial charge in [0.15, 0.2) is 0 Å². The maximum atomic E-state index is 10.1. The van der Waals surface area contributed by atoms with Crippen LogP contribution in [0, 0.1) is 0 Å². The van der Waals surface area contributed by atoms with Gasteiger partial charge in [-0.25, -0.2) is 0 Å². The molecule has 92 valence electrons. The third-order valence-corrected chi connectivity index (χ3v) is 1.25. The van der Waals surface area contributed by atoms with E-state index in [4.69, 9.17) is 5.11 Å². The molecule has 0 radical (unpaired) electrons. The minimum atomic E-state index is -2.97. The number of carboxylic acids is 3. The first kappa shape index (κ1) is 30.3. The van der Waals surface area contributed by atoms with Gasteiger partial charge in [-0.3, -0.25) is 0 Å². The summed E-state index contributed by atoms with van der Waals surface area (Å²) in [5.74, 6) is -5.98. The summed E-state index contributed by atoms with van der Waals surface area (Å²) in [6, 6.07) is 0. The Balaban J connectivity index is -0.000000120. The Bertz CT molecular complexity index is 249. The minimum Gasteiger partial charge on any atom is -0.550 e. The van der Waals surface area contributed by atoms with E-state index in [-0.39, 0.29) is 65.4 Å². The molecule has 11 heteroatoms. The predicted molar refractivity (Wildman–Crippen MR) is 40.0 cm³/mol. The molecule has 0 aliphatic heterocycles. The molecule has 0 fully saturated rings. The molecule has 8 nitrogen and oxygen atoms in total. The van der Waals surface area contributed by atoms with Gasteiger partial charge in [-0.15, -0.1) is 0 Å². The van der Waals surface area contributed by atoms with Crippen LogP contribution in [0.15, 0.2) is 0 Å². The number of rotatable bonds is 5. The standard InChI is InChI=1S/C6H8O7.Ag.Al.H3N.Zn/c7-3(8)1-6(13,5(11)12)2-4(9)10;;;;/h13H,1-2H2,(H,7,8)(H,9,10)(H,11,12);;;1H3;/q;+1;+3;;+2/p-3. The molecule has 0 heterocycles. The third-order valence-electron chi connectivity index (χ3n) is 1.25. The van der Waals surface area contributed by atoms with Crippen molar-refractivity contribution in [2.45, 2.75) is 18.4 Å². The number of carboxylic acid groups (broad SMARTS) is 3. The van der Waals surface area contributed by atoms with Gasteiger partial charge in [0.2, 0.25) is 0 Å². The summed E-state index contributed by atoms with van der Waals surface area (Å²) in [5.41, 5.74) is -2.97. The van der Waals surface area contributed by atoms with Gasteiger partial charge in [0.05, 0.1) is 5.97 Å². The van der Waals surface area contributed by atoms with Crippen LogP contribution < -0.4 is 21.5 Å². The van der Waals surface area contributed by atoms with Crippen LogP contribution in [0.3, 0.4) is 0 Å². The summed E-state index contributed by atoms with van der Waals surface area (Å²) < 4.78 is 0. The van der Waals surface area contributed by atoms with Crippen LogP contribution in [0.1, 0.15) is 12.8 Å². The van der Waals surface area contributed by atoms with E-state index in [1.54, 1.807) is 0 Å². The van der Waals surface area contributed by atoms with E-state index in [1.807, 2.05) is 0 Å². The summed E-state index contributed by atoms with van der Waals surface area (Å²) >= 11 is 0. The fourth-order valence-electron chi connectivity index (χ4n) is 0.684. The molecule has 0 spiro atoms. The van der Waals surface area contributed by atoms with Gasteiger partial charge >= 0.3 is 59.2 Å². The molecule has 0 aliphatic rings. The van der Waals surface area contributed by atoms with Crippen LogP contribution >= 0.6 is 0 Å². The van der Waals surface area contributed by atoms with Gasteiger partial charge in [-0.2, -0.15) is 0 Å². The molecule has 0 aromatic rings. The van der Waals surface area contributed by atoms with E-state index in [9.17, 15) is 29.7 Å². The van der Waals surface area contributed by atoms with Gasteiger partial charge in [-0.05, 0) is 0 Å². The Morgan fingerprint density at radius 3 is 1.35 bits per heavy atom. The second-order valence-corrected chi connectivity index (χ2v) is 2.42. The summed E-state index contributed by atoms with van der Waals surface area (Å²) in [6.45, 7) is 0. The van der Waals surface area contributed by atoms with Gasteiger partial charge in [0, 0.05) is 24.8 Å². The van der Waals surface area contributed by atoms with Crippen molar-refractivity contribution in [1.82, 2.24) is 6.15 Å².